The first-order valence-corrected chi connectivity index (χ1v) is 10.3. The zero-order chi connectivity index (χ0) is 18.4. The first kappa shape index (κ1) is 16.5. The van der Waals surface area contributed by atoms with E-state index in [0.29, 0.717) is 12.1 Å². The predicted octanol–water partition coefficient (Wildman–Crippen LogP) is 3.38. The average molecular weight is 379 g/mol. The maximum absolute atomic E-state index is 12.6. The van der Waals surface area contributed by atoms with Crippen molar-refractivity contribution in [2.24, 2.45) is 0 Å². The van der Waals surface area contributed by atoms with Crippen molar-refractivity contribution in [2.75, 3.05) is 0 Å². The fourth-order valence-electron chi connectivity index (χ4n) is 3.95. The third-order valence-corrected chi connectivity index (χ3v) is 6.29. The van der Waals surface area contributed by atoms with E-state index in [1.165, 1.54) is 24.1 Å². The Morgan fingerprint density at radius 1 is 1.30 bits per heavy atom. The molecule has 0 amide bonds. The van der Waals surface area contributed by atoms with Crippen LogP contribution in [0.1, 0.15) is 35.4 Å². The molecule has 1 N–H and O–H groups in total. The number of hydrogen-bond acceptors (Lipinski definition) is 4. The summed E-state index contributed by atoms with van der Waals surface area (Å²) in [5.74, 6) is 0. The van der Waals surface area contributed by atoms with Crippen LogP contribution in [0.5, 0.6) is 0 Å². The molecule has 4 aromatic heterocycles. The number of H-pyrrole nitrogens is 1. The van der Waals surface area contributed by atoms with Crippen molar-refractivity contribution in [3.05, 3.63) is 62.6 Å². The van der Waals surface area contributed by atoms with Gasteiger partial charge >= 0.3 is 0 Å². The van der Waals surface area contributed by atoms with Crippen molar-refractivity contribution in [1.82, 2.24) is 24.4 Å². The lowest BCUT2D eigenvalue weighted by Gasteiger charge is -2.13. The van der Waals surface area contributed by atoms with Gasteiger partial charge in [0.15, 0.2) is 5.65 Å². The smallest absolute Gasteiger partial charge is 0.272 e. The normalized spacial score (nSPS) is 14.0. The van der Waals surface area contributed by atoms with Crippen molar-refractivity contribution in [3.63, 3.8) is 0 Å². The highest BCUT2D eigenvalue weighted by molar-refractivity contribution is 7.13. The lowest BCUT2D eigenvalue weighted by Crippen LogP contribution is -2.17. The first-order chi connectivity index (χ1) is 13.2. The third-order valence-electron chi connectivity index (χ3n) is 5.40. The quantitative estimate of drug-likeness (QED) is 0.591. The number of rotatable bonds is 4. The van der Waals surface area contributed by atoms with Crippen LogP contribution in [0.25, 0.3) is 16.2 Å². The molecule has 0 saturated carbocycles. The molecule has 0 fully saturated rings. The highest BCUT2D eigenvalue weighted by Gasteiger charge is 2.16. The van der Waals surface area contributed by atoms with E-state index in [0.717, 1.165) is 41.2 Å². The van der Waals surface area contributed by atoms with Crippen LogP contribution in [0.15, 0.2) is 34.6 Å². The van der Waals surface area contributed by atoms with Crippen LogP contribution >= 0.6 is 11.3 Å². The summed E-state index contributed by atoms with van der Waals surface area (Å²) in [6.07, 6.45) is 7.44. The van der Waals surface area contributed by atoms with E-state index in [4.69, 9.17) is 4.98 Å². The van der Waals surface area contributed by atoms with Gasteiger partial charge < -0.3 is 0 Å². The van der Waals surface area contributed by atoms with Gasteiger partial charge in [-0.15, -0.1) is 11.3 Å². The van der Waals surface area contributed by atoms with E-state index in [2.05, 4.69) is 20.9 Å². The summed E-state index contributed by atoms with van der Waals surface area (Å²) >= 11 is 1.65. The summed E-state index contributed by atoms with van der Waals surface area (Å²) in [6, 6.07) is 5.70. The zero-order valence-electron chi connectivity index (χ0n) is 15.2. The molecule has 0 atom stereocenters. The SMILES string of the molecule is Cc1c(-c2cccs2)[nH]n2c(=O)cc(CCn3ncc4c3CCCC4)nc12. The van der Waals surface area contributed by atoms with Crippen LogP contribution in [0.4, 0.5) is 0 Å². The molecule has 0 saturated heterocycles. The highest BCUT2D eigenvalue weighted by Crippen LogP contribution is 2.28. The second-order valence-corrected chi connectivity index (χ2v) is 8.08. The molecule has 1 aliphatic carbocycles. The lowest BCUT2D eigenvalue weighted by atomic mass is 9.98. The van der Waals surface area contributed by atoms with Gasteiger partial charge in [-0.2, -0.15) is 5.10 Å². The van der Waals surface area contributed by atoms with Crippen molar-refractivity contribution in [3.8, 4) is 10.6 Å². The molecule has 0 aromatic carbocycles. The minimum atomic E-state index is -0.0663. The van der Waals surface area contributed by atoms with Gasteiger partial charge in [-0.25, -0.2) is 9.50 Å². The summed E-state index contributed by atoms with van der Waals surface area (Å²) in [5.41, 5.74) is 6.18. The Morgan fingerprint density at radius 2 is 2.19 bits per heavy atom. The molecule has 0 radical (unpaired) electrons. The van der Waals surface area contributed by atoms with Crippen LogP contribution in [-0.2, 0) is 25.8 Å². The number of nitrogens with one attached hydrogen (secondary N) is 1. The first-order valence-electron chi connectivity index (χ1n) is 9.39. The van der Waals surface area contributed by atoms with Gasteiger partial charge in [0.05, 0.1) is 22.5 Å². The van der Waals surface area contributed by atoms with Gasteiger partial charge in [0, 0.05) is 30.3 Å². The topological polar surface area (TPSA) is 68.0 Å². The number of fused-ring (bicyclic) bond motifs is 2. The molecule has 0 spiro atoms. The Balaban J connectivity index is 1.47. The predicted molar refractivity (Wildman–Crippen MR) is 106 cm³/mol. The van der Waals surface area contributed by atoms with Crippen LogP contribution in [0.3, 0.4) is 0 Å². The second-order valence-electron chi connectivity index (χ2n) is 7.13. The summed E-state index contributed by atoms with van der Waals surface area (Å²) in [6.45, 7) is 2.78. The minimum absolute atomic E-state index is 0.0663. The Labute approximate surface area is 160 Å². The Bertz CT molecular complexity index is 1170. The van der Waals surface area contributed by atoms with E-state index in [-0.39, 0.29) is 5.56 Å². The van der Waals surface area contributed by atoms with Crippen LogP contribution < -0.4 is 5.56 Å². The number of hydrogen-bond donors (Lipinski definition) is 1. The van der Waals surface area contributed by atoms with Crippen LogP contribution in [0, 0.1) is 6.92 Å². The van der Waals surface area contributed by atoms with Crippen molar-refractivity contribution < 1.29 is 0 Å². The van der Waals surface area contributed by atoms with Crippen molar-refractivity contribution in [1.29, 1.82) is 0 Å². The standard InChI is InChI=1S/C20H21N5OS/c1-13-19(17-7-4-10-27-17)23-25-18(26)11-15(22-20(13)25)8-9-24-16-6-3-2-5-14(16)12-21-24/h4,7,10-12,23H,2-3,5-6,8-9H2,1H3. The minimum Gasteiger partial charge on any atom is -0.288 e. The van der Waals surface area contributed by atoms with Gasteiger partial charge in [0.1, 0.15) is 0 Å². The molecule has 6 nitrogen and oxygen atoms in total. The monoisotopic (exact) mass is 379 g/mol. The number of nitrogens with zero attached hydrogens (tertiary/aromatic N) is 4. The molecule has 4 aromatic rings. The fraction of sp³-hybridized carbons (Fsp3) is 0.350. The van der Waals surface area contributed by atoms with Gasteiger partial charge in [-0.05, 0) is 49.6 Å². The summed E-state index contributed by atoms with van der Waals surface area (Å²) in [5, 5.41) is 9.80. The van der Waals surface area contributed by atoms with E-state index >= 15 is 0 Å². The van der Waals surface area contributed by atoms with Crippen LogP contribution in [0.2, 0.25) is 0 Å². The second kappa shape index (κ2) is 6.49. The van der Waals surface area contributed by atoms with Crippen molar-refractivity contribution >= 4 is 17.0 Å². The van der Waals surface area contributed by atoms with E-state index in [9.17, 15) is 4.79 Å². The number of aromatic nitrogens is 5. The molecule has 4 heterocycles. The van der Waals surface area contributed by atoms with Gasteiger partial charge in [0.2, 0.25) is 0 Å². The Hall–Kier alpha value is -2.67. The average Bonchev–Trinajstić information content (AvgIpc) is 3.40. The lowest BCUT2D eigenvalue weighted by molar-refractivity contribution is 0.553. The summed E-state index contributed by atoms with van der Waals surface area (Å²) < 4.78 is 3.64. The molecule has 7 heteroatoms. The van der Waals surface area contributed by atoms with E-state index in [1.54, 1.807) is 21.9 Å². The van der Waals surface area contributed by atoms with Crippen LogP contribution in [-0.4, -0.2) is 24.4 Å². The molecule has 0 bridgehead atoms. The third kappa shape index (κ3) is 2.82. The largest absolute Gasteiger partial charge is 0.288 e. The molecular weight excluding hydrogens is 358 g/mol. The van der Waals surface area contributed by atoms with Gasteiger partial charge in [0.25, 0.3) is 5.56 Å². The Kier molecular flexibility index (Phi) is 3.97. The highest BCUT2D eigenvalue weighted by atomic mass is 32.1. The van der Waals surface area contributed by atoms with E-state index < -0.39 is 0 Å². The molecule has 138 valence electrons. The molecule has 1 aliphatic rings. The van der Waals surface area contributed by atoms with Gasteiger partial charge in [-0.3, -0.25) is 14.6 Å². The molecule has 0 unspecified atom stereocenters. The zero-order valence-corrected chi connectivity index (χ0v) is 16.1. The van der Waals surface area contributed by atoms with Crippen molar-refractivity contribution in [2.45, 2.75) is 45.6 Å². The molecule has 0 aliphatic heterocycles. The number of aromatic amines is 1. The fourth-order valence-corrected chi connectivity index (χ4v) is 4.73. The number of thiophene rings is 1. The number of aryl methyl sites for hydroxylation is 4. The van der Waals surface area contributed by atoms with E-state index in [1.807, 2.05) is 24.6 Å². The summed E-state index contributed by atoms with van der Waals surface area (Å²) in [4.78, 5) is 18.5. The molecular formula is C20H21N5OS. The molecule has 5 rings (SSSR count). The van der Waals surface area contributed by atoms with Gasteiger partial charge in [-0.1, -0.05) is 6.07 Å². The maximum atomic E-state index is 12.6. The Morgan fingerprint density at radius 3 is 3.04 bits per heavy atom. The maximum Gasteiger partial charge on any atom is 0.272 e. The summed E-state index contributed by atoms with van der Waals surface area (Å²) in [7, 11) is 0. The molecule has 27 heavy (non-hydrogen) atoms.